The normalized spacial score (nSPS) is 22.2. The van der Waals surface area contributed by atoms with Crippen molar-refractivity contribution >= 4 is 0 Å². The van der Waals surface area contributed by atoms with Gasteiger partial charge in [-0.15, -0.1) is 0 Å². The standard InChI is InChI=1S/C22H26/c1-12-6-7-17-9-15(4)16(5)21-20-10-14(3)13(2)8-18(20)11-19(12)22(17)21/h8-10,12,19H,6-7,11H2,1-5H3. The number of hydrogen-bond donors (Lipinski definition) is 0. The second kappa shape index (κ2) is 4.72. The zero-order chi connectivity index (χ0) is 15.6. The van der Waals surface area contributed by atoms with Crippen molar-refractivity contribution < 1.29 is 0 Å². The molecule has 2 unspecified atom stereocenters. The topological polar surface area (TPSA) is 0 Å². The summed E-state index contributed by atoms with van der Waals surface area (Å²) in [6.45, 7) is 11.6. The second-order valence-corrected chi connectivity index (χ2v) is 7.69. The minimum absolute atomic E-state index is 0.729. The molecule has 0 fully saturated rings. The Kier molecular flexibility index (Phi) is 3.01. The van der Waals surface area contributed by atoms with Crippen LogP contribution in [0.15, 0.2) is 18.2 Å². The fourth-order valence-corrected chi connectivity index (χ4v) is 4.67. The van der Waals surface area contributed by atoms with Crippen molar-refractivity contribution in [2.75, 3.05) is 0 Å². The summed E-state index contributed by atoms with van der Waals surface area (Å²) in [6, 6.07) is 7.37. The van der Waals surface area contributed by atoms with E-state index < -0.39 is 0 Å². The minimum atomic E-state index is 0.729. The summed E-state index contributed by atoms with van der Waals surface area (Å²) in [4.78, 5) is 0. The van der Waals surface area contributed by atoms with Crippen LogP contribution in [0.1, 0.15) is 58.2 Å². The van der Waals surface area contributed by atoms with Gasteiger partial charge < -0.3 is 0 Å². The van der Waals surface area contributed by atoms with Crippen LogP contribution < -0.4 is 0 Å². The van der Waals surface area contributed by atoms with Gasteiger partial charge in [-0.1, -0.05) is 25.1 Å². The van der Waals surface area contributed by atoms with E-state index in [1.54, 1.807) is 22.3 Å². The maximum atomic E-state index is 2.47. The Morgan fingerprint density at radius 3 is 2.32 bits per heavy atom. The van der Waals surface area contributed by atoms with Crippen LogP contribution in [0.5, 0.6) is 0 Å². The predicted molar refractivity (Wildman–Crippen MR) is 94.8 cm³/mol. The molecule has 0 aliphatic heterocycles. The van der Waals surface area contributed by atoms with Gasteiger partial charge in [0, 0.05) is 0 Å². The van der Waals surface area contributed by atoms with Crippen molar-refractivity contribution in [2.24, 2.45) is 5.92 Å². The monoisotopic (exact) mass is 290 g/mol. The van der Waals surface area contributed by atoms with Gasteiger partial charge >= 0.3 is 0 Å². The van der Waals surface area contributed by atoms with Crippen LogP contribution in [0.4, 0.5) is 0 Å². The first-order valence-corrected chi connectivity index (χ1v) is 8.71. The molecule has 2 aromatic carbocycles. The van der Waals surface area contributed by atoms with E-state index in [1.165, 1.54) is 47.1 Å². The third-order valence-electron chi connectivity index (χ3n) is 6.33. The second-order valence-electron chi connectivity index (χ2n) is 7.69. The van der Waals surface area contributed by atoms with Crippen molar-refractivity contribution in [3.8, 4) is 11.1 Å². The number of rotatable bonds is 0. The van der Waals surface area contributed by atoms with Crippen molar-refractivity contribution in [1.29, 1.82) is 0 Å². The van der Waals surface area contributed by atoms with Crippen molar-refractivity contribution in [3.05, 3.63) is 57.1 Å². The first kappa shape index (κ1) is 14.1. The van der Waals surface area contributed by atoms with Gasteiger partial charge in [0.25, 0.3) is 0 Å². The quantitative estimate of drug-likeness (QED) is 0.574. The van der Waals surface area contributed by atoms with Gasteiger partial charge in [-0.3, -0.25) is 0 Å². The number of benzene rings is 2. The highest BCUT2D eigenvalue weighted by Gasteiger charge is 2.35. The Morgan fingerprint density at radius 1 is 0.864 bits per heavy atom. The van der Waals surface area contributed by atoms with Crippen LogP contribution in [0, 0.1) is 33.6 Å². The third-order valence-corrected chi connectivity index (χ3v) is 6.33. The fourth-order valence-electron chi connectivity index (χ4n) is 4.67. The Labute approximate surface area is 134 Å². The molecule has 4 rings (SSSR count). The maximum absolute atomic E-state index is 2.47. The molecule has 22 heavy (non-hydrogen) atoms. The molecule has 0 radical (unpaired) electrons. The average Bonchev–Trinajstić information content (AvgIpc) is 2.48. The molecule has 0 amide bonds. The smallest absolute Gasteiger partial charge is 0.00865 e. The Balaban J connectivity index is 2.09. The largest absolute Gasteiger partial charge is 0.0619 e. The number of fused-ring (bicyclic) bond motifs is 2. The molecule has 2 aliphatic rings. The molecule has 114 valence electrons. The van der Waals surface area contributed by atoms with E-state index in [1.807, 2.05) is 0 Å². The molecular weight excluding hydrogens is 264 g/mol. The zero-order valence-electron chi connectivity index (χ0n) is 14.5. The predicted octanol–water partition coefficient (Wildman–Crippen LogP) is 5.81. The lowest BCUT2D eigenvalue weighted by molar-refractivity contribution is 0.398. The zero-order valence-corrected chi connectivity index (χ0v) is 14.5. The van der Waals surface area contributed by atoms with Crippen LogP contribution in [-0.2, 0) is 12.8 Å². The van der Waals surface area contributed by atoms with E-state index in [4.69, 9.17) is 0 Å². The SMILES string of the molecule is Cc1cc2c(cc1C)-c1c(C)c(C)cc3c1C(C2)C(C)CC3. The summed E-state index contributed by atoms with van der Waals surface area (Å²) in [5.74, 6) is 1.54. The lowest BCUT2D eigenvalue weighted by Gasteiger charge is -2.39. The van der Waals surface area contributed by atoms with Crippen molar-refractivity contribution in [1.82, 2.24) is 0 Å². The van der Waals surface area contributed by atoms with Crippen LogP contribution in [0.2, 0.25) is 0 Å². The Hall–Kier alpha value is -1.56. The van der Waals surface area contributed by atoms with Gasteiger partial charge in [-0.25, -0.2) is 0 Å². The molecule has 0 aromatic heterocycles. The molecule has 0 nitrogen and oxygen atoms in total. The van der Waals surface area contributed by atoms with E-state index in [0.717, 1.165) is 11.8 Å². The molecule has 2 aromatic rings. The Morgan fingerprint density at radius 2 is 1.55 bits per heavy atom. The highest BCUT2D eigenvalue weighted by Crippen LogP contribution is 2.50. The maximum Gasteiger partial charge on any atom is -0.00865 e. The molecule has 2 aliphatic carbocycles. The van der Waals surface area contributed by atoms with Gasteiger partial charge in [0.1, 0.15) is 0 Å². The van der Waals surface area contributed by atoms with Gasteiger partial charge in [-0.2, -0.15) is 0 Å². The summed E-state index contributed by atoms with van der Waals surface area (Å²) < 4.78 is 0. The van der Waals surface area contributed by atoms with E-state index in [0.29, 0.717) is 0 Å². The molecule has 0 saturated carbocycles. The van der Waals surface area contributed by atoms with Crippen LogP contribution >= 0.6 is 0 Å². The van der Waals surface area contributed by atoms with Gasteiger partial charge in [0.05, 0.1) is 0 Å². The molecule has 0 N–H and O–H groups in total. The lowest BCUT2D eigenvalue weighted by Crippen LogP contribution is -2.25. The van der Waals surface area contributed by atoms with Crippen LogP contribution in [0.3, 0.4) is 0 Å². The Bertz CT molecular complexity index is 779. The third kappa shape index (κ3) is 1.82. The van der Waals surface area contributed by atoms with Gasteiger partial charge in [0.15, 0.2) is 0 Å². The van der Waals surface area contributed by atoms with E-state index in [-0.39, 0.29) is 0 Å². The van der Waals surface area contributed by atoms with Gasteiger partial charge in [0.2, 0.25) is 0 Å². The first-order valence-electron chi connectivity index (χ1n) is 8.71. The first-order chi connectivity index (χ1) is 10.5. The molecule has 0 spiro atoms. The summed E-state index contributed by atoms with van der Waals surface area (Å²) in [7, 11) is 0. The highest BCUT2D eigenvalue weighted by molar-refractivity contribution is 5.80. The van der Waals surface area contributed by atoms with Gasteiger partial charge in [-0.05, 0) is 109 Å². The fraction of sp³-hybridized carbons (Fsp3) is 0.455. The summed E-state index contributed by atoms with van der Waals surface area (Å²) in [6.07, 6.45) is 3.85. The molecule has 0 saturated heterocycles. The minimum Gasteiger partial charge on any atom is -0.0619 e. The van der Waals surface area contributed by atoms with Crippen LogP contribution in [0.25, 0.3) is 11.1 Å². The van der Waals surface area contributed by atoms with Crippen molar-refractivity contribution in [2.45, 2.75) is 59.8 Å². The average molecular weight is 290 g/mol. The van der Waals surface area contributed by atoms with Crippen molar-refractivity contribution in [3.63, 3.8) is 0 Å². The molecule has 0 bridgehead atoms. The lowest BCUT2D eigenvalue weighted by atomic mass is 9.65. The van der Waals surface area contributed by atoms with Crippen LogP contribution in [-0.4, -0.2) is 0 Å². The van der Waals surface area contributed by atoms with E-state index >= 15 is 0 Å². The molecule has 2 atom stereocenters. The van der Waals surface area contributed by atoms with E-state index in [2.05, 4.69) is 52.8 Å². The summed E-state index contributed by atoms with van der Waals surface area (Å²) in [5.41, 5.74) is 13.8. The molecule has 0 heteroatoms. The van der Waals surface area contributed by atoms with E-state index in [9.17, 15) is 0 Å². The molecular formula is C22H26. The number of hydrogen-bond acceptors (Lipinski definition) is 0. The highest BCUT2D eigenvalue weighted by atomic mass is 14.4. The molecule has 0 heterocycles. The number of aryl methyl sites for hydroxylation is 4. The summed E-state index contributed by atoms with van der Waals surface area (Å²) >= 11 is 0. The summed E-state index contributed by atoms with van der Waals surface area (Å²) in [5, 5.41) is 0.